The van der Waals surface area contributed by atoms with Crippen LogP contribution in [0.4, 0.5) is 30.6 Å². The van der Waals surface area contributed by atoms with Gasteiger partial charge in [-0.3, -0.25) is 4.98 Å². The summed E-state index contributed by atoms with van der Waals surface area (Å²) in [7, 11) is 0. The Balaban J connectivity index is 2.03. The molecule has 0 spiro atoms. The van der Waals surface area contributed by atoms with Crippen LogP contribution in [0.1, 0.15) is 25.0 Å². The van der Waals surface area contributed by atoms with Gasteiger partial charge in [-0.15, -0.1) is 0 Å². The molecular formula is C22H24F3N5O. The summed E-state index contributed by atoms with van der Waals surface area (Å²) in [5.74, 6) is 0.651. The lowest BCUT2D eigenvalue weighted by atomic mass is 10.1. The predicted octanol–water partition coefficient (Wildman–Crippen LogP) is 5.04. The summed E-state index contributed by atoms with van der Waals surface area (Å²) in [5, 5.41) is 15.7. The molecule has 164 valence electrons. The third-order valence-corrected chi connectivity index (χ3v) is 4.87. The molecule has 1 aromatic carbocycles. The average molecular weight is 431 g/mol. The Bertz CT molecular complexity index is 1030. The molecule has 31 heavy (non-hydrogen) atoms. The van der Waals surface area contributed by atoms with Crippen LogP contribution in [0.25, 0.3) is 11.4 Å². The minimum atomic E-state index is -4.45. The Morgan fingerprint density at radius 1 is 1.03 bits per heavy atom. The van der Waals surface area contributed by atoms with E-state index in [1.54, 1.807) is 30.5 Å². The molecule has 0 saturated heterocycles. The van der Waals surface area contributed by atoms with Crippen LogP contribution < -0.4 is 10.6 Å². The van der Waals surface area contributed by atoms with Crippen LogP contribution in [-0.2, 0) is 6.18 Å². The molecule has 6 nitrogen and oxygen atoms in total. The molecule has 9 heteroatoms. The highest BCUT2D eigenvalue weighted by Crippen LogP contribution is 2.35. The molecule has 0 bridgehead atoms. The maximum absolute atomic E-state index is 13.3. The number of aliphatic hydroxyl groups excluding tert-OH is 1. The zero-order chi connectivity index (χ0) is 22.6. The van der Waals surface area contributed by atoms with E-state index >= 15 is 0 Å². The van der Waals surface area contributed by atoms with Crippen molar-refractivity contribution in [3.05, 3.63) is 59.8 Å². The van der Waals surface area contributed by atoms with Crippen molar-refractivity contribution in [3.63, 3.8) is 0 Å². The van der Waals surface area contributed by atoms with Gasteiger partial charge in [-0.2, -0.15) is 18.2 Å². The monoisotopic (exact) mass is 431 g/mol. The maximum Gasteiger partial charge on any atom is 0.416 e. The van der Waals surface area contributed by atoms with Crippen molar-refractivity contribution in [1.82, 2.24) is 15.0 Å². The number of hydrogen-bond acceptors (Lipinski definition) is 6. The number of hydrogen-bond donors (Lipinski definition) is 3. The molecule has 1 atom stereocenters. The van der Waals surface area contributed by atoms with E-state index in [4.69, 9.17) is 0 Å². The number of pyridine rings is 1. The molecule has 2 heterocycles. The Labute approximate surface area is 178 Å². The standard InChI is InChI=1S/C22H24F3N5O/c1-13(2)19(12-31)29-21-28-18(17-8-4-5-10-26-17)11-20(30-21)27-16-9-6-7-15(14(16)3)22(23,24)25/h4-11,13,19,31H,12H2,1-3H3,(H2,27,28,29,30)/t19-/m1/s1. The molecule has 0 aliphatic rings. The normalized spacial score (nSPS) is 12.6. The van der Waals surface area contributed by atoms with Crippen molar-refractivity contribution < 1.29 is 18.3 Å². The van der Waals surface area contributed by atoms with E-state index in [1.807, 2.05) is 19.9 Å². The van der Waals surface area contributed by atoms with Gasteiger partial charge in [0, 0.05) is 18.0 Å². The fraction of sp³-hybridized carbons (Fsp3) is 0.318. The lowest BCUT2D eigenvalue weighted by Gasteiger charge is -2.21. The highest BCUT2D eigenvalue weighted by Gasteiger charge is 2.33. The van der Waals surface area contributed by atoms with Gasteiger partial charge in [-0.1, -0.05) is 26.0 Å². The number of aromatic nitrogens is 3. The van der Waals surface area contributed by atoms with Crippen LogP contribution in [0.15, 0.2) is 48.7 Å². The molecule has 3 aromatic rings. The Morgan fingerprint density at radius 2 is 1.81 bits per heavy atom. The van der Waals surface area contributed by atoms with Crippen molar-refractivity contribution in [1.29, 1.82) is 0 Å². The second-order valence-electron chi connectivity index (χ2n) is 7.46. The van der Waals surface area contributed by atoms with Gasteiger partial charge in [0.15, 0.2) is 0 Å². The smallest absolute Gasteiger partial charge is 0.394 e. The largest absolute Gasteiger partial charge is 0.416 e. The van der Waals surface area contributed by atoms with Gasteiger partial charge in [0.05, 0.1) is 29.6 Å². The number of anilines is 3. The zero-order valence-corrected chi connectivity index (χ0v) is 17.4. The van der Waals surface area contributed by atoms with Crippen LogP contribution in [0, 0.1) is 12.8 Å². The summed E-state index contributed by atoms with van der Waals surface area (Å²) in [6.07, 6.45) is -2.83. The summed E-state index contributed by atoms with van der Waals surface area (Å²) in [4.78, 5) is 13.2. The van der Waals surface area contributed by atoms with Gasteiger partial charge in [-0.05, 0) is 42.7 Å². The quantitative estimate of drug-likeness (QED) is 0.486. The van der Waals surface area contributed by atoms with E-state index in [0.29, 0.717) is 17.2 Å². The van der Waals surface area contributed by atoms with E-state index in [2.05, 4.69) is 25.6 Å². The van der Waals surface area contributed by atoms with Gasteiger partial charge in [0.1, 0.15) is 5.82 Å². The first-order valence-corrected chi connectivity index (χ1v) is 9.80. The highest BCUT2D eigenvalue weighted by atomic mass is 19.4. The van der Waals surface area contributed by atoms with Crippen molar-refractivity contribution >= 4 is 17.5 Å². The van der Waals surface area contributed by atoms with E-state index in [9.17, 15) is 18.3 Å². The summed E-state index contributed by atoms with van der Waals surface area (Å²) in [6, 6.07) is 10.6. The van der Waals surface area contributed by atoms with Gasteiger partial charge < -0.3 is 15.7 Å². The summed E-state index contributed by atoms with van der Waals surface area (Å²) >= 11 is 0. The number of rotatable bonds is 7. The molecule has 0 aliphatic carbocycles. The molecule has 0 radical (unpaired) electrons. The molecule has 0 fully saturated rings. The van der Waals surface area contributed by atoms with E-state index in [-0.39, 0.29) is 35.8 Å². The third-order valence-electron chi connectivity index (χ3n) is 4.87. The molecule has 3 N–H and O–H groups in total. The van der Waals surface area contributed by atoms with E-state index < -0.39 is 11.7 Å². The lowest BCUT2D eigenvalue weighted by Crippen LogP contribution is -2.30. The SMILES string of the molecule is Cc1c(Nc2cc(-c3ccccn3)nc(N[C@H](CO)C(C)C)n2)cccc1C(F)(F)F. The molecule has 0 amide bonds. The summed E-state index contributed by atoms with van der Waals surface area (Å²) in [6.45, 7) is 5.18. The number of nitrogens with zero attached hydrogens (tertiary/aromatic N) is 3. The molecule has 0 aliphatic heterocycles. The van der Waals surface area contributed by atoms with Crippen LogP contribution >= 0.6 is 0 Å². The first-order valence-electron chi connectivity index (χ1n) is 9.80. The Morgan fingerprint density at radius 3 is 2.42 bits per heavy atom. The summed E-state index contributed by atoms with van der Waals surface area (Å²) < 4.78 is 39.8. The van der Waals surface area contributed by atoms with Gasteiger partial charge >= 0.3 is 6.18 Å². The van der Waals surface area contributed by atoms with E-state index in [1.165, 1.54) is 13.0 Å². The van der Waals surface area contributed by atoms with Crippen molar-refractivity contribution in [2.45, 2.75) is 33.0 Å². The van der Waals surface area contributed by atoms with E-state index in [0.717, 1.165) is 6.07 Å². The highest BCUT2D eigenvalue weighted by molar-refractivity contribution is 5.67. The van der Waals surface area contributed by atoms with Gasteiger partial charge in [0.2, 0.25) is 5.95 Å². The Hall–Kier alpha value is -3.20. The maximum atomic E-state index is 13.3. The first-order chi connectivity index (χ1) is 14.7. The van der Waals surface area contributed by atoms with Crippen molar-refractivity contribution in [2.24, 2.45) is 5.92 Å². The van der Waals surface area contributed by atoms with Gasteiger partial charge in [0.25, 0.3) is 0 Å². The Kier molecular flexibility index (Phi) is 6.74. The zero-order valence-electron chi connectivity index (χ0n) is 17.4. The number of nitrogens with one attached hydrogen (secondary N) is 2. The molecular weight excluding hydrogens is 407 g/mol. The van der Waals surface area contributed by atoms with Crippen molar-refractivity contribution in [2.75, 3.05) is 17.2 Å². The first kappa shape index (κ1) is 22.5. The number of alkyl halides is 3. The minimum absolute atomic E-state index is 0.0675. The second kappa shape index (κ2) is 9.30. The lowest BCUT2D eigenvalue weighted by molar-refractivity contribution is -0.138. The van der Waals surface area contributed by atoms with Crippen LogP contribution in [0.3, 0.4) is 0 Å². The topological polar surface area (TPSA) is 83.0 Å². The molecule has 2 aromatic heterocycles. The van der Waals surface area contributed by atoms with Crippen molar-refractivity contribution in [3.8, 4) is 11.4 Å². The molecule has 0 saturated carbocycles. The summed E-state index contributed by atoms with van der Waals surface area (Å²) in [5.41, 5.74) is 0.717. The predicted molar refractivity (Wildman–Crippen MR) is 114 cm³/mol. The number of benzene rings is 1. The average Bonchev–Trinajstić information content (AvgIpc) is 2.73. The van der Waals surface area contributed by atoms with Crippen LogP contribution in [0.5, 0.6) is 0 Å². The van der Waals surface area contributed by atoms with Gasteiger partial charge in [-0.25, -0.2) is 4.98 Å². The molecule has 0 unspecified atom stereocenters. The minimum Gasteiger partial charge on any atom is -0.394 e. The fourth-order valence-electron chi connectivity index (χ4n) is 3.03. The van der Waals surface area contributed by atoms with Crippen LogP contribution in [-0.4, -0.2) is 32.7 Å². The number of aliphatic hydroxyl groups is 1. The third kappa shape index (κ3) is 5.49. The fourth-order valence-corrected chi connectivity index (χ4v) is 3.03. The second-order valence-corrected chi connectivity index (χ2v) is 7.46. The van der Waals surface area contributed by atoms with Crippen LogP contribution in [0.2, 0.25) is 0 Å². The number of halogens is 3. The molecule has 3 rings (SSSR count).